The molecule has 5 heteroatoms. The highest BCUT2D eigenvalue weighted by atomic mass is 19.1. The van der Waals surface area contributed by atoms with Gasteiger partial charge >= 0.3 is 0 Å². The number of rotatable bonds is 5. The first-order chi connectivity index (χ1) is 9.58. The normalized spacial score (nSPS) is 12.2. The zero-order chi connectivity index (χ0) is 14.5. The number of ether oxygens (including phenoxy) is 1. The van der Waals surface area contributed by atoms with Crippen molar-refractivity contribution in [3.05, 3.63) is 64.3 Å². The molecule has 0 aliphatic heterocycles. The van der Waals surface area contributed by atoms with Crippen LogP contribution in [0, 0.1) is 5.82 Å². The van der Waals surface area contributed by atoms with Crippen LogP contribution in [0.4, 0.5) is 4.39 Å². The minimum atomic E-state index is -0.819. The Balaban J connectivity index is 2.05. The van der Waals surface area contributed by atoms with Crippen molar-refractivity contribution >= 4 is 0 Å². The van der Waals surface area contributed by atoms with Gasteiger partial charge in [0.2, 0.25) is 0 Å². The molecule has 0 fully saturated rings. The molecule has 1 aromatic carbocycles. The van der Waals surface area contributed by atoms with E-state index < -0.39 is 11.9 Å². The first kappa shape index (κ1) is 14.3. The summed E-state index contributed by atoms with van der Waals surface area (Å²) in [5.74, 6) is -0.00194. The summed E-state index contributed by atoms with van der Waals surface area (Å²) in [5, 5.41) is 9.59. The van der Waals surface area contributed by atoms with E-state index in [1.165, 1.54) is 28.8 Å². The number of aliphatic hydroxyl groups excluding tert-OH is 1. The lowest BCUT2D eigenvalue weighted by molar-refractivity contribution is 0.189. The summed E-state index contributed by atoms with van der Waals surface area (Å²) in [6, 6.07) is 8.90. The molecule has 1 unspecified atom stereocenters. The van der Waals surface area contributed by atoms with Gasteiger partial charge in [-0.15, -0.1) is 0 Å². The standard InChI is InChI=1S/C15H16FNO3/c1-11(18)13-10-12(16)5-6-14(13)20-9-8-17-7-3-2-4-15(17)19/h2-7,10-11,18H,8-9H2,1H3. The van der Waals surface area contributed by atoms with Crippen LogP contribution in [0.15, 0.2) is 47.4 Å². The van der Waals surface area contributed by atoms with E-state index in [4.69, 9.17) is 4.74 Å². The number of aliphatic hydroxyl groups is 1. The molecule has 0 saturated carbocycles. The first-order valence-corrected chi connectivity index (χ1v) is 6.33. The predicted molar refractivity (Wildman–Crippen MR) is 73.2 cm³/mol. The summed E-state index contributed by atoms with van der Waals surface area (Å²) in [6.45, 7) is 2.19. The van der Waals surface area contributed by atoms with Crippen molar-refractivity contribution in [2.45, 2.75) is 19.6 Å². The largest absolute Gasteiger partial charge is 0.491 e. The van der Waals surface area contributed by atoms with E-state index >= 15 is 0 Å². The lowest BCUT2D eigenvalue weighted by atomic mass is 10.1. The van der Waals surface area contributed by atoms with Crippen LogP contribution < -0.4 is 10.3 Å². The van der Waals surface area contributed by atoms with E-state index in [1.54, 1.807) is 25.3 Å². The molecule has 4 nitrogen and oxygen atoms in total. The van der Waals surface area contributed by atoms with Gasteiger partial charge in [0, 0.05) is 17.8 Å². The minimum Gasteiger partial charge on any atom is -0.491 e. The summed E-state index contributed by atoms with van der Waals surface area (Å²) in [5.41, 5.74) is 0.288. The predicted octanol–water partition coefficient (Wildman–Crippen LogP) is 2.12. The molecular weight excluding hydrogens is 261 g/mol. The lowest BCUT2D eigenvalue weighted by Crippen LogP contribution is -2.21. The molecule has 0 aliphatic rings. The van der Waals surface area contributed by atoms with Crippen molar-refractivity contribution in [2.75, 3.05) is 6.61 Å². The van der Waals surface area contributed by atoms with Gasteiger partial charge in [-0.2, -0.15) is 0 Å². The van der Waals surface area contributed by atoms with Gasteiger partial charge in [-0.25, -0.2) is 4.39 Å². The molecule has 0 saturated heterocycles. The molecule has 1 heterocycles. The van der Waals surface area contributed by atoms with Gasteiger partial charge < -0.3 is 14.4 Å². The monoisotopic (exact) mass is 277 g/mol. The second-order valence-electron chi connectivity index (χ2n) is 4.44. The van der Waals surface area contributed by atoms with Crippen molar-refractivity contribution in [3.63, 3.8) is 0 Å². The van der Waals surface area contributed by atoms with E-state index in [0.717, 1.165) is 0 Å². The molecule has 0 aliphatic carbocycles. The number of nitrogens with zero attached hydrogens (tertiary/aromatic N) is 1. The van der Waals surface area contributed by atoms with Gasteiger partial charge in [0.25, 0.3) is 5.56 Å². The fourth-order valence-electron chi connectivity index (χ4n) is 1.88. The smallest absolute Gasteiger partial charge is 0.250 e. The van der Waals surface area contributed by atoms with Crippen LogP contribution in [-0.2, 0) is 6.54 Å². The maximum absolute atomic E-state index is 13.1. The van der Waals surface area contributed by atoms with Crippen LogP contribution in [0.1, 0.15) is 18.6 Å². The fraction of sp³-hybridized carbons (Fsp3) is 0.267. The number of pyridine rings is 1. The molecule has 0 amide bonds. The molecule has 1 N–H and O–H groups in total. The number of benzene rings is 1. The molecule has 0 bridgehead atoms. The van der Waals surface area contributed by atoms with Crippen molar-refractivity contribution < 1.29 is 14.2 Å². The van der Waals surface area contributed by atoms with Gasteiger partial charge in [0.1, 0.15) is 18.2 Å². The quantitative estimate of drug-likeness (QED) is 0.910. The molecule has 0 radical (unpaired) electrons. The molecule has 0 spiro atoms. The maximum atomic E-state index is 13.1. The fourth-order valence-corrected chi connectivity index (χ4v) is 1.88. The minimum absolute atomic E-state index is 0.106. The maximum Gasteiger partial charge on any atom is 0.250 e. The molecule has 2 rings (SSSR count). The highest BCUT2D eigenvalue weighted by Gasteiger charge is 2.10. The molecule has 2 aromatic rings. The Morgan fingerprint density at radius 1 is 1.35 bits per heavy atom. The van der Waals surface area contributed by atoms with Crippen molar-refractivity contribution in [3.8, 4) is 5.75 Å². The summed E-state index contributed by atoms with van der Waals surface area (Å²) < 4.78 is 20.2. The third-order valence-electron chi connectivity index (χ3n) is 2.91. The Hall–Kier alpha value is -2.14. The van der Waals surface area contributed by atoms with Gasteiger partial charge in [-0.05, 0) is 31.2 Å². The Morgan fingerprint density at radius 2 is 2.15 bits per heavy atom. The summed E-state index contributed by atoms with van der Waals surface area (Å²) >= 11 is 0. The summed E-state index contributed by atoms with van der Waals surface area (Å²) in [7, 11) is 0. The lowest BCUT2D eigenvalue weighted by Gasteiger charge is -2.14. The molecule has 106 valence electrons. The van der Waals surface area contributed by atoms with E-state index in [0.29, 0.717) is 17.9 Å². The molecular formula is C15H16FNO3. The van der Waals surface area contributed by atoms with E-state index in [9.17, 15) is 14.3 Å². The van der Waals surface area contributed by atoms with Crippen LogP contribution in [0.5, 0.6) is 5.75 Å². The zero-order valence-corrected chi connectivity index (χ0v) is 11.1. The Labute approximate surface area is 116 Å². The number of aromatic nitrogens is 1. The highest BCUT2D eigenvalue weighted by Crippen LogP contribution is 2.25. The average Bonchev–Trinajstić information content (AvgIpc) is 2.42. The SMILES string of the molecule is CC(O)c1cc(F)ccc1OCCn1ccccc1=O. The Morgan fingerprint density at radius 3 is 2.85 bits per heavy atom. The molecule has 20 heavy (non-hydrogen) atoms. The van der Waals surface area contributed by atoms with Gasteiger partial charge in [0.05, 0.1) is 12.6 Å². The second-order valence-corrected chi connectivity index (χ2v) is 4.44. The van der Waals surface area contributed by atoms with Crippen LogP contribution in [0.25, 0.3) is 0 Å². The molecule has 1 aromatic heterocycles. The van der Waals surface area contributed by atoms with E-state index in [1.807, 2.05) is 0 Å². The van der Waals surface area contributed by atoms with Gasteiger partial charge in [-0.1, -0.05) is 6.07 Å². The van der Waals surface area contributed by atoms with Crippen LogP contribution in [0.2, 0.25) is 0 Å². The van der Waals surface area contributed by atoms with Crippen molar-refractivity contribution in [1.82, 2.24) is 4.57 Å². The van der Waals surface area contributed by atoms with Gasteiger partial charge in [-0.3, -0.25) is 4.79 Å². The van der Waals surface area contributed by atoms with E-state index in [2.05, 4.69) is 0 Å². The number of hydrogen-bond acceptors (Lipinski definition) is 3. The third-order valence-corrected chi connectivity index (χ3v) is 2.91. The highest BCUT2D eigenvalue weighted by molar-refractivity contribution is 5.35. The van der Waals surface area contributed by atoms with Crippen LogP contribution >= 0.6 is 0 Å². The number of halogens is 1. The average molecular weight is 277 g/mol. The van der Waals surface area contributed by atoms with Gasteiger partial charge in [0.15, 0.2) is 0 Å². The molecule has 1 atom stereocenters. The zero-order valence-electron chi connectivity index (χ0n) is 11.1. The topological polar surface area (TPSA) is 51.5 Å². The van der Waals surface area contributed by atoms with Crippen molar-refractivity contribution in [1.29, 1.82) is 0 Å². The summed E-state index contributed by atoms with van der Waals surface area (Å²) in [4.78, 5) is 11.5. The Bertz CT molecular complexity index is 637. The van der Waals surface area contributed by atoms with E-state index in [-0.39, 0.29) is 12.2 Å². The van der Waals surface area contributed by atoms with Crippen LogP contribution in [-0.4, -0.2) is 16.3 Å². The summed E-state index contributed by atoms with van der Waals surface area (Å²) in [6.07, 6.45) is 0.853. The van der Waals surface area contributed by atoms with Crippen LogP contribution in [0.3, 0.4) is 0 Å². The van der Waals surface area contributed by atoms with Crippen molar-refractivity contribution in [2.24, 2.45) is 0 Å². The number of hydrogen-bond donors (Lipinski definition) is 1. The first-order valence-electron chi connectivity index (χ1n) is 6.33. The second kappa shape index (κ2) is 6.34. The third kappa shape index (κ3) is 3.45. The Kier molecular flexibility index (Phi) is 4.53.